The zero-order valence-electron chi connectivity index (χ0n) is 8.08. The van der Waals surface area contributed by atoms with Crippen LogP contribution in [0.3, 0.4) is 0 Å². The number of hydrogen-bond donors (Lipinski definition) is 0. The molecule has 0 bridgehead atoms. The monoisotopic (exact) mass is 239 g/mol. The Morgan fingerprint density at radius 1 is 1.53 bits per heavy atom. The number of hydrogen-bond acceptors (Lipinski definition) is 6. The molecule has 0 fully saturated rings. The van der Waals surface area contributed by atoms with Crippen molar-refractivity contribution in [3.05, 3.63) is 30.1 Å². The van der Waals surface area contributed by atoms with Crippen molar-refractivity contribution >= 4 is 23.3 Å². The standard InChI is InChI=1S/C9H9N3OS2/c1-14-8-11-9(15-12-8)13-6-7-3-2-4-10-5-7/h2-5H,6H2,1H3. The van der Waals surface area contributed by atoms with Crippen molar-refractivity contribution in [3.8, 4) is 5.19 Å². The molecule has 0 unspecified atom stereocenters. The minimum absolute atomic E-state index is 0.483. The van der Waals surface area contributed by atoms with Gasteiger partial charge in [-0.3, -0.25) is 4.98 Å². The van der Waals surface area contributed by atoms with Crippen LogP contribution in [0, 0.1) is 0 Å². The molecule has 0 aliphatic carbocycles. The van der Waals surface area contributed by atoms with Gasteiger partial charge in [-0.15, -0.1) is 0 Å². The molecule has 2 heterocycles. The molecule has 0 aliphatic rings. The van der Waals surface area contributed by atoms with Crippen molar-refractivity contribution in [3.63, 3.8) is 0 Å². The summed E-state index contributed by atoms with van der Waals surface area (Å²) in [6.45, 7) is 0.483. The van der Waals surface area contributed by atoms with Crippen LogP contribution in [-0.4, -0.2) is 20.6 Å². The van der Waals surface area contributed by atoms with Crippen LogP contribution in [-0.2, 0) is 6.61 Å². The predicted molar refractivity (Wildman–Crippen MR) is 60.3 cm³/mol. The van der Waals surface area contributed by atoms with Crippen molar-refractivity contribution in [2.75, 3.05) is 6.26 Å². The number of nitrogens with zero attached hydrogens (tertiary/aromatic N) is 3. The molecule has 15 heavy (non-hydrogen) atoms. The van der Waals surface area contributed by atoms with Gasteiger partial charge in [0.25, 0.3) is 5.19 Å². The van der Waals surface area contributed by atoms with Crippen molar-refractivity contribution < 1.29 is 4.74 Å². The van der Waals surface area contributed by atoms with Gasteiger partial charge in [0, 0.05) is 29.5 Å². The molecule has 0 saturated carbocycles. The van der Waals surface area contributed by atoms with E-state index in [9.17, 15) is 0 Å². The Bertz CT molecular complexity index is 418. The smallest absolute Gasteiger partial charge is 0.294 e. The summed E-state index contributed by atoms with van der Waals surface area (Å²) in [4.78, 5) is 8.17. The highest BCUT2D eigenvalue weighted by Gasteiger charge is 2.03. The van der Waals surface area contributed by atoms with Gasteiger partial charge in [0.15, 0.2) is 0 Å². The lowest BCUT2D eigenvalue weighted by atomic mass is 10.3. The molecular formula is C9H9N3OS2. The molecule has 4 nitrogen and oxygen atoms in total. The molecule has 2 aromatic rings. The first-order chi connectivity index (χ1) is 7.38. The van der Waals surface area contributed by atoms with E-state index >= 15 is 0 Å². The minimum atomic E-state index is 0.483. The maximum atomic E-state index is 5.47. The molecule has 0 amide bonds. The molecule has 0 atom stereocenters. The lowest BCUT2D eigenvalue weighted by Crippen LogP contribution is -1.94. The summed E-state index contributed by atoms with van der Waals surface area (Å²) in [7, 11) is 0. The molecule has 0 N–H and O–H groups in total. The second-order valence-corrected chi connectivity index (χ2v) is 4.18. The number of aromatic nitrogens is 3. The zero-order valence-corrected chi connectivity index (χ0v) is 9.72. The Kier molecular flexibility index (Phi) is 3.52. The van der Waals surface area contributed by atoms with Gasteiger partial charge in [-0.2, -0.15) is 9.36 Å². The second kappa shape index (κ2) is 5.09. The van der Waals surface area contributed by atoms with E-state index in [0.29, 0.717) is 11.8 Å². The summed E-state index contributed by atoms with van der Waals surface area (Å²) in [5.74, 6) is 0. The molecule has 0 saturated heterocycles. The third-order valence-electron chi connectivity index (χ3n) is 1.66. The number of pyridine rings is 1. The summed E-state index contributed by atoms with van der Waals surface area (Å²) < 4.78 is 9.57. The van der Waals surface area contributed by atoms with Crippen LogP contribution < -0.4 is 4.74 Å². The molecule has 2 aromatic heterocycles. The van der Waals surface area contributed by atoms with E-state index in [0.717, 1.165) is 10.7 Å². The maximum Gasteiger partial charge on any atom is 0.294 e. The molecule has 2 rings (SSSR count). The van der Waals surface area contributed by atoms with Crippen LogP contribution in [0.15, 0.2) is 29.7 Å². The highest BCUT2D eigenvalue weighted by Crippen LogP contribution is 2.20. The van der Waals surface area contributed by atoms with Crippen LogP contribution in [0.5, 0.6) is 5.19 Å². The van der Waals surface area contributed by atoms with E-state index in [4.69, 9.17) is 4.74 Å². The van der Waals surface area contributed by atoms with Gasteiger partial charge in [0.1, 0.15) is 6.61 Å². The topological polar surface area (TPSA) is 47.9 Å². The van der Waals surface area contributed by atoms with Crippen LogP contribution >= 0.6 is 23.3 Å². The van der Waals surface area contributed by atoms with Gasteiger partial charge in [-0.05, 0) is 12.3 Å². The Hall–Kier alpha value is -1.14. The highest BCUT2D eigenvalue weighted by atomic mass is 32.2. The van der Waals surface area contributed by atoms with Crippen molar-refractivity contribution in [1.29, 1.82) is 0 Å². The second-order valence-electron chi connectivity index (χ2n) is 2.70. The highest BCUT2D eigenvalue weighted by molar-refractivity contribution is 7.98. The molecular weight excluding hydrogens is 230 g/mol. The molecule has 0 radical (unpaired) electrons. The number of thioether (sulfide) groups is 1. The Balaban J connectivity index is 1.93. The normalized spacial score (nSPS) is 10.2. The van der Waals surface area contributed by atoms with E-state index in [2.05, 4.69) is 14.3 Å². The van der Waals surface area contributed by atoms with Gasteiger partial charge in [-0.25, -0.2) is 0 Å². The Morgan fingerprint density at radius 2 is 2.47 bits per heavy atom. The van der Waals surface area contributed by atoms with Crippen molar-refractivity contribution in [1.82, 2.24) is 14.3 Å². The van der Waals surface area contributed by atoms with Gasteiger partial charge >= 0.3 is 0 Å². The third-order valence-corrected chi connectivity index (χ3v) is 2.95. The van der Waals surface area contributed by atoms with E-state index in [1.807, 2.05) is 18.4 Å². The first-order valence-electron chi connectivity index (χ1n) is 4.28. The van der Waals surface area contributed by atoms with Crippen molar-refractivity contribution in [2.45, 2.75) is 11.8 Å². The van der Waals surface area contributed by atoms with Gasteiger partial charge in [0.05, 0.1) is 0 Å². The quantitative estimate of drug-likeness (QED) is 0.766. The first kappa shape index (κ1) is 10.4. The summed E-state index contributed by atoms with van der Waals surface area (Å²) >= 11 is 2.78. The summed E-state index contributed by atoms with van der Waals surface area (Å²) in [6.07, 6.45) is 5.45. The largest absolute Gasteiger partial charge is 0.464 e. The summed E-state index contributed by atoms with van der Waals surface area (Å²) in [5, 5.41) is 1.35. The third kappa shape index (κ3) is 2.90. The molecule has 78 valence electrons. The van der Waals surface area contributed by atoms with Gasteiger partial charge in [0.2, 0.25) is 5.16 Å². The summed E-state index contributed by atoms with van der Waals surface area (Å²) in [6, 6.07) is 3.84. The van der Waals surface area contributed by atoms with E-state index < -0.39 is 0 Å². The fraction of sp³-hybridized carbons (Fsp3) is 0.222. The zero-order chi connectivity index (χ0) is 10.5. The van der Waals surface area contributed by atoms with E-state index in [-0.39, 0.29) is 0 Å². The number of rotatable bonds is 4. The Morgan fingerprint density at radius 3 is 3.13 bits per heavy atom. The average molecular weight is 239 g/mol. The lowest BCUT2D eigenvalue weighted by Gasteiger charge is -1.99. The maximum absolute atomic E-state index is 5.47. The molecule has 0 aliphatic heterocycles. The average Bonchev–Trinajstić information content (AvgIpc) is 2.76. The predicted octanol–water partition coefficient (Wildman–Crippen LogP) is 2.23. The first-order valence-corrected chi connectivity index (χ1v) is 6.27. The fourth-order valence-electron chi connectivity index (χ4n) is 0.967. The SMILES string of the molecule is CSc1nsc(OCc2cccnc2)n1. The molecule has 0 spiro atoms. The number of ether oxygens (including phenoxy) is 1. The van der Waals surface area contributed by atoms with Gasteiger partial charge < -0.3 is 4.74 Å². The fourth-order valence-corrected chi connectivity index (χ4v) is 2.04. The lowest BCUT2D eigenvalue weighted by molar-refractivity contribution is 0.302. The van der Waals surface area contributed by atoms with E-state index in [1.54, 1.807) is 12.4 Å². The minimum Gasteiger partial charge on any atom is -0.464 e. The Labute approximate surface area is 95.9 Å². The van der Waals surface area contributed by atoms with Crippen LogP contribution in [0.2, 0.25) is 0 Å². The van der Waals surface area contributed by atoms with Gasteiger partial charge in [-0.1, -0.05) is 17.8 Å². The van der Waals surface area contributed by atoms with Crippen LogP contribution in [0.25, 0.3) is 0 Å². The summed E-state index contributed by atoms with van der Waals surface area (Å²) in [5.41, 5.74) is 1.03. The molecule has 0 aromatic carbocycles. The molecule has 6 heteroatoms. The van der Waals surface area contributed by atoms with Crippen LogP contribution in [0.1, 0.15) is 5.56 Å². The van der Waals surface area contributed by atoms with E-state index in [1.165, 1.54) is 23.3 Å². The van der Waals surface area contributed by atoms with Crippen LogP contribution in [0.4, 0.5) is 0 Å². The van der Waals surface area contributed by atoms with Crippen molar-refractivity contribution in [2.24, 2.45) is 0 Å².